The largest absolute Gasteiger partial charge is 0.481 e. The molecule has 1 heterocycles. The van der Waals surface area contributed by atoms with Crippen LogP contribution in [0.3, 0.4) is 0 Å². The number of carboxylic acid groups (broad SMARTS) is 1. The number of piperidine rings is 1. The van der Waals surface area contributed by atoms with Gasteiger partial charge in [0.2, 0.25) is 0 Å². The van der Waals surface area contributed by atoms with Gasteiger partial charge in [-0.3, -0.25) is 4.79 Å². The minimum atomic E-state index is -0.813. The first kappa shape index (κ1) is 14.5. The number of carbonyl (C=O) groups is 2. The van der Waals surface area contributed by atoms with Gasteiger partial charge in [0.1, 0.15) is 0 Å². The van der Waals surface area contributed by atoms with Crippen LogP contribution in [0.4, 0.5) is 4.79 Å². The number of carbonyl (C=O) groups excluding carboxylic acids is 1. The van der Waals surface area contributed by atoms with E-state index in [0.717, 1.165) is 6.42 Å². The Morgan fingerprint density at radius 2 is 2.22 bits per heavy atom. The second-order valence-corrected chi connectivity index (χ2v) is 4.94. The molecule has 0 saturated carbocycles. The highest BCUT2D eigenvalue weighted by molar-refractivity contribution is 5.77. The van der Waals surface area contributed by atoms with Crippen molar-refractivity contribution in [3.8, 4) is 0 Å². The molecule has 102 valence electrons. The van der Waals surface area contributed by atoms with E-state index in [4.69, 9.17) is 5.11 Å². The molecular formula is C13H22N2O3. The molecule has 2 amide bonds. The van der Waals surface area contributed by atoms with E-state index < -0.39 is 11.9 Å². The third-order valence-electron chi connectivity index (χ3n) is 3.24. The number of hydrogen-bond donors (Lipinski definition) is 1. The molecule has 1 rings (SSSR count). The van der Waals surface area contributed by atoms with Crippen LogP contribution in [-0.4, -0.2) is 52.6 Å². The summed E-state index contributed by atoms with van der Waals surface area (Å²) >= 11 is 0. The topological polar surface area (TPSA) is 60.9 Å². The summed E-state index contributed by atoms with van der Waals surface area (Å²) in [7, 11) is 0. The van der Waals surface area contributed by atoms with Gasteiger partial charge in [-0.15, -0.1) is 6.58 Å². The van der Waals surface area contributed by atoms with E-state index in [1.807, 2.05) is 13.8 Å². The zero-order valence-electron chi connectivity index (χ0n) is 11.1. The Labute approximate surface area is 108 Å². The van der Waals surface area contributed by atoms with Gasteiger partial charge in [-0.05, 0) is 26.7 Å². The Morgan fingerprint density at radius 1 is 1.56 bits per heavy atom. The van der Waals surface area contributed by atoms with Gasteiger partial charge in [0.25, 0.3) is 0 Å². The van der Waals surface area contributed by atoms with Crippen molar-refractivity contribution in [1.29, 1.82) is 0 Å². The molecule has 1 N–H and O–H groups in total. The molecule has 0 aromatic carbocycles. The third-order valence-corrected chi connectivity index (χ3v) is 3.24. The molecule has 5 heteroatoms. The fourth-order valence-corrected chi connectivity index (χ4v) is 2.18. The molecule has 5 nitrogen and oxygen atoms in total. The number of aliphatic carboxylic acids is 1. The van der Waals surface area contributed by atoms with E-state index in [1.165, 1.54) is 0 Å². The minimum Gasteiger partial charge on any atom is -0.481 e. The molecule has 1 aliphatic heterocycles. The Bertz CT molecular complexity index is 328. The molecule has 0 aliphatic carbocycles. The van der Waals surface area contributed by atoms with Crippen molar-refractivity contribution in [1.82, 2.24) is 9.80 Å². The normalized spacial score (nSPS) is 19.7. The third kappa shape index (κ3) is 3.48. The minimum absolute atomic E-state index is 0.0840. The van der Waals surface area contributed by atoms with Gasteiger partial charge in [0.05, 0.1) is 5.92 Å². The predicted molar refractivity (Wildman–Crippen MR) is 69.4 cm³/mol. The summed E-state index contributed by atoms with van der Waals surface area (Å²) in [6, 6.07) is -0.00319. The molecule has 0 bridgehead atoms. The quantitative estimate of drug-likeness (QED) is 0.778. The van der Waals surface area contributed by atoms with Crippen molar-refractivity contribution >= 4 is 12.0 Å². The van der Waals surface area contributed by atoms with Crippen LogP contribution in [0.5, 0.6) is 0 Å². The summed E-state index contributed by atoms with van der Waals surface area (Å²) in [5, 5.41) is 9.02. The van der Waals surface area contributed by atoms with E-state index in [1.54, 1.807) is 15.9 Å². The zero-order valence-corrected chi connectivity index (χ0v) is 11.1. The van der Waals surface area contributed by atoms with Crippen molar-refractivity contribution < 1.29 is 14.7 Å². The summed E-state index contributed by atoms with van der Waals surface area (Å²) in [5.74, 6) is -1.24. The molecule has 1 aliphatic rings. The maximum atomic E-state index is 12.3. The van der Waals surface area contributed by atoms with Crippen LogP contribution in [0.15, 0.2) is 12.7 Å². The van der Waals surface area contributed by atoms with Crippen LogP contribution < -0.4 is 0 Å². The van der Waals surface area contributed by atoms with E-state index in [9.17, 15) is 9.59 Å². The number of carboxylic acids is 1. The standard InChI is InChI=1S/C13H22N2O3/c1-4-7-15(10(2)3)13(18)14-8-5-6-11(9-14)12(16)17/h4,10-11H,1,5-9H2,2-3H3,(H,16,17)/t11-/m1/s1. The van der Waals surface area contributed by atoms with Crippen LogP contribution in [0.1, 0.15) is 26.7 Å². The first-order chi connectivity index (χ1) is 8.47. The Morgan fingerprint density at radius 3 is 2.72 bits per heavy atom. The summed E-state index contributed by atoms with van der Waals surface area (Å²) in [4.78, 5) is 26.6. The Balaban J connectivity index is 2.69. The molecule has 0 unspecified atom stereocenters. The van der Waals surface area contributed by atoms with Gasteiger partial charge in [0, 0.05) is 25.7 Å². The second-order valence-electron chi connectivity index (χ2n) is 4.94. The SMILES string of the molecule is C=CCN(C(=O)N1CCC[C@@H](C(=O)O)C1)C(C)C. The molecule has 0 radical (unpaired) electrons. The lowest BCUT2D eigenvalue weighted by Crippen LogP contribution is -2.50. The summed E-state index contributed by atoms with van der Waals surface area (Å²) < 4.78 is 0. The summed E-state index contributed by atoms with van der Waals surface area (Å²) in [6.45, 7) is 8.98. The summed E-state index contributed by atoms with van der Waals surface area (Å²) in [5.41, 5.74) is 0. The highest BCUT2D eigenvalue weighted by Gasteiger charge is 2.30. The lowest BCUT2D eigenvalue weighted by Gasteiger charge is -2.36. The van der Waals surface area contributed by atoms with E-state index in [0.29, 0.717) is 26.1 Å². The highest BCUT2D eigenvalue weighted by atomic mass is 16.4. The maximum absolute atomic E-state index is 12.3. The number of urea groups is 1. The zero-order chi connectivity index (χ0) is 13.7. The molecule has 1 fully saturated rings. The highest BCUT2D eigenvalue weighted by Crippen LogP contribution is 2.18. The molecule has 0 aromatic heterocycles. The number of rotatable bonds is 4. The van der Waals surface area contributed by atoms with Gasteiger partial charge in [-0.2, -0.15) is 0 Å². The smallest absolute Gasteiger partial charge is 0.320 e. The van der Waals surface area contributed by atoms with Gasteiger partial charge >= 0.3 is 12.0 Å². The fraction of sp³-hybridized carbons (Fsp3) is 0.692. The van der Waals surface area contributed by atoms with Crippen LogP contribution in [0.2, 0.25) is 0 Å². The van der Waals surface area contributed by atoms with Gasteiger partial charge in [-0.25, -0.2) is 4.79 Å². The van der Waals surface area contributed by atoms with Gasteiger partial charge in [0.15, 0.2) is 0 Å². The van der Waals surface area contributed by atoms with Crippen LogP contribution >= 0.6 is 0 Å². The molecule has 0 aromatic rings. The van der Waals surface area contributed by atoms with Gasteiger partial charge < -0.3 is 14.9 Å². The Hall–Kier alpha value is -1.52. The van der Waals surface area contributed by atoms with E-state index in [2.05, 4.69) is 6.58 Å². The van der Waals surface area contributed by atoms with Crippen molar-refractivity contribution in [3.63, 3.8) is 0 Å². The summed E-state index contributed by atoms with van der Waals surface area (Å²) in [6.07, 6.45) is 3.10. The van der Waals surface area contributed by atoms with Crippen molar-refractivity contribution in [2.75, 3.05) is 19.6 Å². The maximum Gasteiger partial charge on any atom is 0.320 e. The first-order valence-corrected chi connectivity index (χ1v) is 6.36. The van der Waals surface area contributed by atoms with Crippen molar-refractivity contribution in [2.24, 2.45) is 5.92 Å². The second kappa shape index (κ2) is 6.42. The van der Waals surface area contributed by atoms with E-state index in [-0.39, 0.29) is 12.1 Å². The van der Waals surface area contributed by atoms with E-state index >= 15 is 0 Å². The fourth-order valence-electron chi connectivity index (χ4n) is 2.18. The average Bonchev–Trinajstić information content (AvgIpc) is 2.35. The van der Waals surface area contributed by atoms with Crippen LogP contribution in [-0.2, 0) is 4.79 Å². The number of likely N-dealkylation sites (tertiary alicyclic amines) is 1. The Kier molecular flexibility index (Phi) is 5.19. The molecular weight excluding hydrogens is 232 g/mol. The average molecular weight is 254 g/mol. The number of nitrogens with zero attached hydrogens (tertiary/aromatic N) is 2. The predicted octanol–water partition coefficient (Wildman–Crippen LogP) is 1.80. The molecule has 1 saturated heterocycles. The van der Waals surface area contributed by atoms with Crippen molar-refractivity contribution in [2.45, 2.75) is 32.7 Å². The van der Waals surface area contributed by atoms with Crippen molar-refractivity contribution in [3.05, 3.63) is 12.7 Å². The lowest BCUT2D eigenvalue weighted by molar-refractivity contribution is -0.143. The van der Waals surface area contributed by atoms with Crippen LogP contribution in [0, 0.1) is 5.92 Å². The number of amides is 2. The number of hydrogen-bond acceptors (Lipinski definition) is 2. The molecule has 0 spiro atoms. The first-order valence-electron chi connectivity index (χ1n) is 6.36. The van der Waals surface area contributed by atoms with Gasteiger partial charge in [-0.1, -0.05) is 6.08 Å². The molecule has 1 atom stereocenters. The lowest BCUT2D eigenvalue weighted by atomic mass is 9.98. The molecule has 18 heavy (non-hydrogen) atoms. The monoisotopic (exact) mass is 254 g/mol. The van der Waals surface area contributed by atoms with Crippen LogP contribution in [0.25, 0.3) is 0 Å².